The Morgan fingerprint density at radius 3 is 2.42 bits per heavy atom. The number of aliphatic imine (C=N–C) groups is 1. The maximum Gasteiger partial charge on any atom is 0.191 e. The molecule has 0 unspecified atom stereocenters. The Hall–Kier alpha value is -2.73. The van der Waals surface area contributed by atoms with Crippen molar-refractivity contribution in [3.8, 4) is 5.75 Å². The lowest BCUT2D eigenvalue weighted by atomic mass is 9.97. The van der Waals surface area contributed by atoms with E-state index in [-0.39, 0.29) is 0 Å². The van der Waals surface area contributed by atoms with Gasteiger partial charge in [0, 0.05) is 31.9 Å². The van der Waals surface area contributed by atoms with Crippen LogP contribution in [0.4, 0.5) is 5.69 Å². The highest BCUT2D eigenvalue weighted by Crippen LogP contribution is 2.23. The second kappa shape index (κ2) is 12.2. The summed E-state index contributed by atoms with van der Waals surface area (Å²) in [6, 6.07) is 16.8. The Morgan fingerprint density at radius 1 is 1.06 bits per heavy atom. The Bertz CT molecular complexity index is 797. The number of guanidine groups is 1. The van der Waals surface area contributed by atoms with Gasteiger partial charge >= 0.3 is 0 Å². The minimum Gasteiger partial charge on any atom is -0.492 e. The van der Waals surface area contributed by atoms with Crippen LogP contribution in [0.25, 0.3) is 0 Å². The minimum absolute atomic E-state index is 0.311. The van der Waals surface area contributed by atoms with Gasteiger partial charge in [-0.25, -0.2) is 4.99 Å². The summed E-state index contributed by atoms with van der Waals surface area (Å²) < 4.78 is 5.77. The van der Waals surface area contributed by atoms with Crippen LogP contribution in [-0.4, -0.2) is 50.5 Å². The van der Waals surface area contributed by atoms with E-state index in [0.717, 1.165) is 44.2 Å². The smallest absolute Gasteiger partial charge is 0.191 e. The SMILES string of the molecule is CCNC(=NCc1ccc(N2CCC(CO)CC2)cc1)NCCOc1ccc(C)cc1. The van der Waals surface area contributed by atoms with Gasteiger partial charge in [-0.05, 0) is 62.4 Å². The van der Waals surface area contributed by atoms with E-state index in [9.17, 15) is 5.11 Å². The molecule has 0 saturated carbocycles. The number of aliphatic hydroxyl groups is 1. The third-order valence-electron chi connectivity index (χ3n) is 5.62. The summed E-state index contributed by atoms with van der Waals surface area (Å²) in [5.41, 5.74) is 3.66. The highest BCUT2D eigenvalue weighted by atomic mass is 16.5. The highest BCUT2D eigenvalue weighted by molar-refractivity contribution is 5.79. The van der Waals surface area contributed by atoms with Crippen molar-refractivity contribution >= 4 is 11.6 Å². The van der Waals surface area contributed by atoms with Gasteiger partial charge < -0.3 is 25.4 Å². The molecule has 2 aromatic carbocycles. The molecule has 3 rings (SSSR count). The zero-order valence-corrected chi connectivity index (χ0v) is 18.8. The topological polar surface area (TPSA) is 69.1 Å². The average Bonchev–Trinajstić information content (AvgIpc) is 2.82. The lowest BCUT2D eigenvalue weighted by Gasteiger charge is -2.32. The van der Waals surface area contributed by atoms with Gasteiger partial charge in [-0.15, -0.1) is 0 Å². The molecule has 1 fully saturated rings. The van der Waals surface area contributed by atoms with Crippen molar-refractivity contribution in [3.63, 3.8) is 0 Å². The summed E-state index contributed by atoms with van der Waals surface area (Å²) in [5.74, 6) is 2.14. The van der Waals surface area contributed by atoms with Gasteiger partial charge in [-0.1, -0.05) is 29.8 Å². The Morgan fingerprint density at radius 2 is 1.77 bits per heavy atom. The zero-order chi connectivity index (χ0) is 21.9. The first kappa shape index (κ1) is 22.9. The van der Waals surface area contributed by atoms with Crippen LogP contribution in [0.3, 0.4) is 0 Å². The molecule has 0 atom stereocenters. The van der Waals surface area contributed by atoms with Gasteiger partial charge in [-0.2, -0.15) is 0 Å². The molecular weight excluding hydrogens is 388 g/mol. The number of hydrogen-bond acceptors (Lipinski definition) is 4. The van der Waals surface area contributed by atoms with E-state index in [1.54, 1.807) is 0 Å². The molecule has 0 aromatic heterocycles. The Balaban J connectivity index is 1.45. The van der Waals surface area contributed by atoms with E-state index in [1.165, 1.54) is 16.8 Å². The number of piperidine rings is 1. The average molecular weight is 425 g/mol. The first-order valence-electron chi connectivity index (χ1n) is 11.3. The second-order valence-electron chi connectivity index (χ2n) is 8.06. The van der Waals surface area contributed by atoms with Crippen LogP contribution in [0.2, 0.25) is 0 Å². The van der Waals surface area contributed by atoms with Crippen molar-refractivity contribution in [1.29, 1.82) is 0 Å². The van der Waals surface area contributed by atoms with Gasteiger partial charge in [0.1, 0.15) is 12.4 Å². The quantitative estimate of drug-likeness (QED) is 0.327. The number of nitrogens with one attached hydrogen (secondary N) is 2. The third kappa shape index (κ3) is 7.47. The lowest BCUT2D eigenvalue weighted by Crippen LogP contribution is -2.39. The zero-order valence-electron chi connectivity index (χ0n) is 18.8. The fourth-order valence-electron chi connectivity index (χ4n) is 3.67. The number of aliphatic hydroxyl groups excluding tert-OH is 1. The Kier molecular flexibility index (Phi) is 9.03. The van der Waals surface area contributed by atoms with Crippen LogP contribution in [0.1, 0.15) is 30.9 Å². The summed E-state index contributed by atoms with van der Waals surface area (Å²) >= 11 is 0. The number of rotatable bonds is 9. The van der Waals surface area contributed by atoms with E-state index in [1.807, 2.05) is 12.1 Å². The van der Waals surface area contributed by atoms with Crippen LogP contribution >= 0.6 is 0 Å². The first-order chi connectivity index (χ1) is 15.2. The molecule has 0 radical (unpaired) electrons. The molecular formula is C25H36N4O2. The highest BCUT2D eigenvalue weighted by Gasteiger charge is 2.18. The number of aryl methyl sites for hydroxylation is 1. The molecule has 6 heteroatoms. The molecule has 1 saturated heterocycles. The van der Waals surface area contributed by atoms with Gasteiger partial charge in [0.15, 0.2) is 5.96 Å². The molecule has 0 spiro atoms. The van der Waals surface area contributed by atoms with E-state index in [2.05, 4.69) is 65.8 Å². The Labute approximate surface area is 186 Å². The van der Waals surface area contributed by atoms with Crippen LogP contribution < -0.4 is 20.3 Å². The molecule has 1 aliphatic rings. The van der Waals surface area contributed by atoms with Crippen LogP contribution in [0.15, 0.2) is 53.5 Å². The first-order valence-corrected chi connectivity index (χ1v) is 11.3. The van der Waals surface area contributed by atoms with Gasteiger partial charge in [-0.3, -0.25) is 0 Å². The molecule has 1 heterocycles. The molecule has 0 amide bonds. The minimum atomic E-state index is 0.311. The normalized spacial score (nSPS) is 15.1. The van der Waals surface area contributed by atoms with E-state index in [0.29, 0.717) is 32.2 Å². The maximum absolute atomic E-state index is 9.31. The number of hydrogen-bond donors (Lipinski definition) is 3. The molecule has 3 N–H and O–H groups in total. The van der Waals surface area contributed by atoms with Crippen molar-refractivity contribution in [2.75, 3.05) is 44.3 Å². The summed E-state index contributed by atoms with van der Waals surface area (Å²) in [4.78, 5) is 7.10. The largest absolute Gasteiger partial charge is 0.492 e. The molecule has 6 nitrogen and oxygen atoms in total. The van der Waals surface area contributed by atoms with Gasteiger partial charge in [0.25, 0.3) is 0 Å². The lowest BCUT2D eigenvalue weighted by molar-refractivity contribution is 0.203. The maximum atomic E-state index is 9.31. The third-order valence-corrected chi connectivity index (χ3v) is 5.62. The molecule has 31 heavy (non-hydrogen) atoms. The van der Waals surface area contributed by atoms with Crippen LogP contribution in [0.5, 0.6) is 5.75 Å². The fourth-order valence-corrected chi connectivity index (χ4v) is 3.67. The molecule has 168 valence electrons. The monoisotopic (exact) mass is 424 g/mol. The standard InChI is InChI=1S/C25H36N4O2/c1-3-26-25(27-14-17-31-24-10-4-20(2)5-11-24)28-18-21-6-8-23(9-7-21)29-15-12-22(19-30)13-16-29/h4-11,22,30H,3,12-19H2,1-2H3,(H2,26,27,28). The van der Waals surface area contributed by atoms with Gasteiger partial charge in [0.2, 0.25) is 0 Å². The number of ether oxygens (including phenoxy) is 1. The summed E-state index contributed by atoms with van der Waals surface area (Å²) in [5, 5.41) is 15.9. The van der Waals surface area contributed by atoms with Crippen molar-refractivity contribution in [1.82, 2.24) is 10.6 Å². The second-order valence-corrected chi connectivity index (χ2v) is 8.06. The van der Waals surface area contributed by atoms with Crippen LogP contribution in [0, 0.1) is 12.8 Å². The van der Waals surface area contributed by atoms with E-state index < -0.39 is 0 Å². The molecule has 0 aliphatic carbocycles. The summed E-state index contributed by atoms with van der Waals surface area (Å²) in [7, 11) is 0. The summed E-state index contributed by atoms with van der Waals surface area (Å²) in [6.45, 7) is 9.18. The van der Waals surface area contributed by atoms with Crippen molar-refractivity contribution < 1.29 is 9.84 Å². The molecule has 1 aliphatic heterocycles. The fraction of sp³-hybridized carbons (Fsp3) is 0.480. The summed E-state index contributed by atoms with van der Waals surface area (Å²) in [6.07, 6.45) is 2.13. The van der Waals surface area contributed by atoms with Gasteiger partial charge in [0.05, 0.1) is 13.1 Å². The molecule has 2 aromatic rings. The van der Waals surface area contributed by atoms with E-state index >= 15 is 0 Å². The van der Waals surface area contributed by atoms with E-state index in [4.69, 9.17) is 9.73 Å². The van der Waals surface area contributed by atoms with Crippen molar-refractivity contribution in [2.45, 2.75) is 33.2 Å². The van der Waals surface area contributed by atoms with Crippen LogP contribution in [-0.2, 0) is 6.54 Å². The predicted molar refractivity (Wildman–Crippen MR) is 128 cm³/mol. The predicted octanol–water partition coefficient (Wildman–Crippen LogP) is 3.34. The molecule has 0 bridgehead atoms. The number of benzene rings is 2. The number of anilines is 1. The van der Waals surface area contributed by atoms with Crippen molar-refractivity contribution in [2.24, 2.45) is 10.9 Å². The number of nitrogens with zero attached hydrogens (tertiary/aromatic N) is 2. The van der Waals surface area contributed by atoms with Crippen molar-refractivity contribution in [3.05, 3.63) is 59.7 Å².